The van der Waals surface area contributed by atoms with Crippen molar-refractivity contribution in [3.8, 4) is 0 Å². The van der Waals surface area contributed by atoms with Gasteiger partial charge in [0.2, 0.25) is 0 Å². The number of pyridine rings is 1. The SMILES string of the molecule is CCNc1c(C(C)C)c(C)nc2c(Cl)cc(C)cc12. The summed E-state index contributed by atoms with van der Waals surface area (Å²) < 4.78 is 0. The maximum absolute atomic E-state index is 6.35. The largest absolute Gasteiger partial charge is 0.384 e. The van der Waals surface area contributed by atoms with Crippen molar-refractivity contribution < 1.29 is 0 Å². The molecule has 3 heteroatoms. The predicted molar refractivity (Wildman–Crippen MR) is 84.5 cm³/mol. The van der Waals surface area contributed by atoms with Crippen LogP contribution in [0.15, 0.2) is 12.1 Å². The highest BCUT2D eigenvalue weighted by atomic mass is 35.5. The first-order valence-corrected chi connectivity index (χ1v) is 7.17. The summed E-state index contributed by atoms with van der Waals surface area (Å²) in [5.41, 5.74) is 5.59. The second kappa shape index (κ2) is 5.38. The van der Waals surface area contributed by atoms with Crippen molar-refractivity contribution in [2.24, 2.45) is 0 Å². The van der Waals surface area contributed by atoms with E-state index in [0.29, 0.717) is 5.92 Å². The van der Waals surface area contributed by atoms with Crippen LogP contribution >= 0.6 is 11.6 Å². The van der Waals surface area contributed by atoms with Crippen LogP contribution in [0, 0.1) is 13.8 Å². The molecule has 0 saturated heterocycles. The molecule has 1 aromatic heterocycles. The number of nitrogens with zero attached hydrogens (tertiary/aromatic N) is 1. The number of aryl methyl sites for hydroxylation is 2. The first kappa shape index (κ1) is 14.1. The first-order valence-electron chi connectivity index (χ1n) is 6.79. The van der Waals surface area contributed by atoms with E-state index in [0.717, 1.165) is 33.7 Å². The van der Waals surface area contributed by atoms with E-state index in [2.05, 4.69) is 46.0 Å². The molecule has 2 aromatic rings. The number of fused-ring (bicyclic) bond motifs is 1. The molecular weight excluding hydrogens is 256 g/mol. The summed E-state index contributed by atoms with van der Waals surface area (Å²) >= 11 is 6.35. The molecule has 0 amide bonds. The molecule has 19 heavy (non-hydrogen) atoms. The molecule has 0 spiro atoms. The number of nitrogens with one attached hydrogen (secondary N) is 1. The third kappa shape index (κ3) is 2.55. The van der Waals surface area contributed by atoms with Crippen molar-refractivity contribution in [3.63, 3.8) is 0 Å². The van der Waals surface area contributed by atoms with Crippen molar-refractivity contribution >= 4 is 28.2 Å². The quantitative estimate of drug-likeness (QED) is 0.847. The van der Waals surface area contributed by atoms with Crippen LogP contribution in [-0.4, -0.2) is 11.5 Å². The second-order valence-electron chi connectivity index (χ2n) is 5.31. The lowest BCUT2D eigenvalue weighted by atomic mass is 9.96. The van der Waals surface area contributed by atoms with Gasteiger partial charge in [0.05, 0.1) is 10.5 Å². The van der Waals surface area contributed by atoms with E-state index in [1.165, 1.54) is 11.3 Å². The third-order valence-corrected chi connectivity index (χ3v) is 3.63. The molecule has 102 valence electrons. The fourth-order valence-corrected chi connectivity index (χ4v) is 2.98. The molecule has 0 fully saturated rings. The normalized spacial score (nSPS) is 11.3. The summed E-state index contributed by atoms with van der Waals surface area (Å²) in [6.07, 6.45) is 0. The van der Waals surface area contributed by atoms with Crippen LogP contribution in [0.4, 0.5) is 5.69 Å². The fourth-order valence-electron chi connectivity index (χ4n) is 2.67. The van der Waals surface area contributed by atoms with Crippen LogP contribution in [-0.2, 0) is 0 Å². The van der Waals surface area contributed by atoms with E-state index in [4.69, 9.17) is 16.6 Å². The summed E-state index contributed by atoms with van der Waals surface area (Å²) in [7, 11) is 0. The topological polar surface area (TPSA) is 24.9 Å². The van der Waals surface area contributed by atoms with Gasteiger partial charge in [0, 0.05) is 23.3 Å². The van der Waals surface area contributed by atoms with Gasteiger partial charge < -0.3 is 5.32 Å². The van der Waals surface area contributed by atoms with Crippen LogP contribution in [0.3, 0.4) is 0 Å². The van der Waals surface area contributed by atoms with Crippen LogP contribution in [0.2, 0.25) is 5.02 Å². The molecule has 2 nitrogen and oxygen atoms in total. The minimum atomic E-state index is 0.435. The Morgan fingerprint density at radius 3 is 2.53 bits per heavy atom. The average Bonchev–Trinajstić information content (AvgIpc) is 2.30. The number of hydrogen-bond acceptors (Lipinski definition) is 2. The van der Waals surface area contributed by atoms with Crippen LogP contribution in [0.1, 0.15) is 43.5 Å². The van der Waals surface area contributed by atoms with Crippen molar-refractivity contribution in [3.05, 3.63) is 34.0 Å². The average molecular weight is 277 g/mol. The Morgan fingerprint density at radius 1 is 1.26 bits per heavy atom. The van der Waals surface area contributed by atoms with E-state index < -0.39 is 0 Å². The van der Waals surface area contributed by atoms with E-state index in [9.17, 15) is 0 Å². The molecule has 2 rings (SSSR count). The zero-order valence-corrected chi connectivity index (χ0v) is 13.0. The Morgan fingerprint density at radius 2 is 1.95 bits per heavy atom. The first-order chi connectivity index (χ1) is 8.95. The van der Waals surface area contributed by atoms with Gasteiger partial charge in [0.15, 0.2) is 0 Å². The van der Waals surface area contributed by atoms with Crippen LogP contribution < -0.4 is 5.32 Å². The lowest BCUT2D eigenvalue weighted by Gasteiger charge is -2.19. The van der Waals surface area contributed by atoms with Gasteiger partial charge in [-0.1, -0.05) is 25.4 Å². The zero-order valence-electron chi connectivity index (χ0n) is 12.3. The predicted octanol–water partition coefficient (Wildman–Crippen LogP) is 5.06. The molecule has 1 aromatic carbocycles. The Labute approximate surface area is 120 Å². The lowest BCUT2D eigenvalue weighted by Crippen LogP contribution is -2.07. The fraction of sp³-hybridized carbons (Fsp3) is 0.438. The Hall–Kier alpha value is -1.28. The summed E-state index contributed by atoms with van der Waals surface area (Å²) in [5, 5.41) is 5.35. The maximum Gasteiger partial charge on any atom is 0.0912 e. The number of anilines is 1. The monoisotopic (exact) mass is 276 g/mol. The number of halogens is 1. The van der Waals surface area contributed by atoms with Gasteiger partial charge in [-0.2, -0.15) is 0 Å². The Balaban J connectivity index is 2.89. The molecule has 1 N–H and O–H groups in total. The Bertz CT molecular complexity index is 618. The van der Waals surface area contributed by atoms with Crippen molar-refractivity contribution in [2.45, 2.75) is 40.5 Å². The van der Waals surface area contributed by atoms with Crippen LogP contribution in [0.25, 0.3) is 10.9 Å². The second-order valence-corrected chi connectivity index (χ2v) is 5.72. The van der Waals surface area contributed by atoms with Gasteiger partial charge in [-0.05, 0) is 49.9 Å². The van der Waals surface area contributed by atoms with E-state index in [1.807, 2.05) is 6.07 Å². The zero-order chi connectivity index (χ0) is 14.2. The third-order valence-electron chi connectivity index (χ3n) is 3.35. The molecule has 0 atom stereocenters. The van der Waals surface area contributed by atoms with Gasteiger partial charge in [-0.3, -0.25) is 4.98 Å². The van der Waals surface area contributed by atoms with Gasteiger partial charge in [-0.15, -0.1) is 0 Å². The minimum Gasteiger partial charge on any atom is -0.384 e. The van der Waals surface area contributed by atoms with E-state index >= 15 is 0 Å². The standard InChI is InChI=1S/C16H21ClN2/c1-6-18-16-12-7-10(4)8-13(17)15(12)19-11(5)14(16)9(2)3/h7-9H,6H2,1-5H3,(H,18,19). The number of hydrogen-bond donors (Lipinski definition) is 1. The molecule has 0 bridgehead atoms. The molecular formula is C16H21ClN2. The summed E-state index contributed by atoms with van der Waals surface area (Å²) in [5.74, 6) is 0.435. The van der Waals surface area contributed by atoms with Crippen molar-refractivity contribution in [1.82, 2.24) is 4.98 Å². The smallest absolute Gasteiger partial charge is 0.0912 e. The molecule has 1 heterocycles. The molecule has 0 aliphatic rings. The highest BCUT2D eigenvalue weighted by Gasteiger charge is 2.16. The molecule has 0 radical (unpaired) electrons. The number of benzene rings is 1. The highest BCUT2D eigenvalue weighted by molar-refractivity contribution is 6.35. The van der Waals surface area contributed by atoms with E-state index in [1.54, 1.807) is 0 Å². The number of rotatable bonds is 3. The number of aromatic nitrogens is 1. The van der Waals surface area contributed by atoms with Crippen molar-refractivity contribution in [1.29, 1.82) is 0 Å². The maximum atomic E-state index is 6.35. The summed E-state index contributed by atoms with van der Waals surface area (Å²) in [4.78, 5) is 4.71. The molecule has 0 aliphatic carbocycles. The highest BCUT2D eigenvalue weighted by Crippen LogP contribution is 2.36. The van der Waals surface area contributed by atoms with Gasteiger partial charge in [0.1, 0.15) is 0 Å². The molecule has 0 aliphatic heterocycles. The van der Waals surface area contributed by atoms with Gasteiger partial charge in [0.25, 0.3) is 0 Å². The minimum absolute atomic E-state index is 0.435. The molecule has 0 unspecified atom stereocenters. The summed E-state index contributed by atoms with van der Waals surface area (Å²) in [6, 6.07) is 4.14. The summed E-state index contributed by atoms with van der Waals surface area (Å²) in [6.45, 7) is 11.5. The molecule has 0 saturated carbocycles. The Kier molecular flexibility index (Phi) is 4.00. The van der Waals surface area contributed by atoms with Gasteiger partial charge in [-0.25, -0.2) is 0 Å². The van der Waals surface area contributed by atoms with Crippen molar-refractivity contribution in [2.75, 3.05) is 11.9 Å². The van der Waals surface area contributed by atoms with Gasteiger partial charge >= 0.3 is 0 Å². The van der Waals surface area contributed by atoms with E-state index in [-0.39, 0.29) is 0 Å². The van der Waals surface area contributed by atoms with Crippen LogP contribution in [0.5, 0.6) is 0 Å². The lowest BCUT2D eigenvalue weighted by molar-refractivity contribution is 0.848.